The lowest BCUT2D eigenvalue weighted by molar-refractivity contribution is -0.142. The van der Waals surface area contributed by atoms with Gasteiger partial charge < -0.3 is 10.4 Å². The maximum absolute atomic E-state index is 12.0. The molecular formula is C18H25NO4. The van der Waals surface area contributed by atoms with Crippen molar-refractivity contribution in [3.05, 3.63) is 35.4 Å². The molecule has 1 rings (SSSR count). The Morgan fingerprint density at radius 2 is 1.70 bits per heavy atom. The van der Waals surface area contributed by atoms with E-state index in [4.69, 9.17) is 5.11 Å². The minimum atomic E-state index is -0.908. The molecule has 0 aromatic heterocycles. The molecule has 1 atom stereocenters. The summed E-state index contributed by atoms with van der Waals surface area (Å²) in [6.07, 6.45) is 0.704. The lowest BCUT2D eigenvalue weighted by Crippen LogP contribution is -2.33. The predicted molar refractivity (Wildman–Crippen MR) is 88.3 cm³/mol. The molecule has 0 saturated heterocycles. The van der Waals surface area contributed by atoms with Gasteiger partial charge in [0.25, 0.3) is 0 Å². The molecule has 1 amide bonds. The summed E-state index contributed by atoms with van der Waals surface area (Å²) in [4.78, 5) is 34.9. The van der Waals surface area contributed by atoms with Gasteiger partial charge in [-0.2, -0.15) is 0 Å². The summed E-state index contributed by atoms with van der Waals surface area (Å²) in [6.45, 7) is 5.93. The Bertz CT molecular complexity index is 549. The first-order chi connectivity index (χ1) is 10.8. The van der Waals surface area contributed by atoms with E-state index < -0.39 is 11.9 Å². The molecule has 1 aromatic rings. The highest BCUT2D eigenvalue weighted by atomic mass is 16.4. The normalized spacial score (nSPS) is 12.0. The molecule has 0 heterocycles. The fourth-order valence-corrected chi connectivity index (χ4v) is 2.28. The van der Waals surface area contributed by atoms with Crippen LogP contribution in [0.1, 0.15) is 49.0 Å². The van der Waals surface area contributed by atoms with Crippen LogP contribution in [0.5, 0.6) is 0 Å². The van der Waals surface area contributed by atoms with Gasteiger partial charge in [0.15, 0.2) is 5.78 Å². The zero-order valence-electron chi connectivity index (χ0n) is 14.0. The van der Waals surface area contributed by atoms with Gasteiger partial charge in [0.2, 0.25) is 5.91 Å². The molecule has 0 aliphatic rings. The van der Waals surface area contributed by atoms with Gasteiger partial charge in [0, 0.05) is 24.9 Å². The Morgan fingerprint density at radius 3 is 2.22 bits per heavy atom. The Balaban J connectivity index is 2.40. The largest absolute Gasteiger partial charge is 0.481 e. The second-order valence-corrected chi connectivity index (χ2v) is 6.26. The number of carbonyl (C=O) groups is 3. The lowest BCUT2D eigenvalue weighted by Gasteiger charge is -2.15. The van der Waals surface area contributed by atoms with Crippen LogP contribution in [-0.4, -0.2) is 29.3 Å². The molecule has 126 valence electrons. The summed E-state index contributed by atoms with van der Waals surface area (Å²) in [6, 6.07) is 7.21. The number of carbonyl (C=O) groups excluding carboxylic acids is 2. The zero-order valence-corrected chi connectivity index (χ0v) is 14.0. The van der Waals surface area contributed by atoms with Crippen LogP contribution in [0.3, 0.4) is 0 Å². The maximum atomic E-state index is 12.0. The van der Waals surface area contributed by atoms with Crippen molar-refractivity contribution in [2.75, 3.05) is 6.54 Å². The third-order valence-corrected chi connectivity index (χ3v) is 3.60. The van der Waals surface area contributed by atoms with Gasteiger partial charge in [0.1, 0.15) is 0 Å². The number of aryl methyl sites for hydroxylation is 1. The molecule has 0 saturated carbocycles. The molecule has 2 N–H and O–H groups in total. The van der Waals surface area contributed by atoms with Gasteiger partial charge in [-0.15, -0.1) is 0 Å². The van der Waals surface area contributed by atoms with Crippen LogP contribution in [0.2, 0.25) is 0 Å². The fraction of sp³-hybridized carbons (Fsp3) is 0.500. The van der Waals surface area contributed by atoms with Crippen molar-refractivity contribution >= 4 is 17.7 Å². The van der Waals surface area contributed by atoms with E-state index in [0.717, 1.165) is 5.56 Å². The van der Waals surface area contributed by atoms with E-state index in [-0.39, 0.29) is 37.0 Å². The third kappa shape index (κ3) is 7.08. The van der Waals surface area contributed by atoms with E-state index in [9.17, 15) is 14.4 Å². The van der Waals surface area contributed by atoms with E-state index >= 15 is 0 Å². The van der Waals surface area contributed by atoms with Crippen LogP contribution in [0.25, 0.3) is 0 Å². The van der Waals surface area contributed by atoms with Gasteiger partial charge in [-0.3, -0.25) is 14.4 Å². The highest BCUT2D eigenvalue weighted by Gasteiger charge is 2.19. The van der Waals surface area contributed by atoms with Crippen molar-refractivity contribution in [1.82, 2.24) is 5.32 Å². The second-order valence-electron chi connectivity index (χ2n) is 6.26. The maximum Gasteiger partial charge on any atom is 0.308 e. The predicted octanol–water partition coefficient (Wildman–Crippen LogP) is 2.82. The van der Waals surface area contributed by atoms with E-state index in [2.05, 4.69) is 5.32 Å². The van der Waals surface area contributed by atoms with Crippen LogP contribution in [0, 0.1) is 18.8 Å². The summed E-state index contributed by atoms with van der Waals surface area (Å²) < 4.78 is 0. The molecule has 0 aliphatic heterocycles. The lowest BCUT2D eigenvalue weighted by atomic mass is 9.97. The summed E-state index contributed by atoms with van der Waals surface area (Å²) in [5, 5.41) is 11.7. The van der Waals surface area contributed by atoms with Crippen molar-refractivity contribution in [2.45, 2.75) is 40.0 Å². The molecule has 1 aromatic carbocycles. The quantitative estimate of drug-likeness (QED) is 0.686. The monoisotopic (exact) mass is 319 g/mol. The Kier molecular flexibility index (Phi) is 7.45. The minimum Gasteiger partial charge on any atom is -0.481 e. The number of benzene rings is 1. The molecule has 0 bridgehead atoms. The van der Waals surface area contributed by atoms with Crippen molar-refractivity contribution < 1.29 is 19.5 Å². The van der Waals surface area contributed by atoms with E-state index in [1.807, 2.05) is 32.9 Å². The average Bonchev–Trinajstić information content (AvgIpc) is 2.49. The number of aliphatic carboxylic acids is 1. The molecule has 5 nitrogen and oxygen atoms in total. The number of hydrogen-bond donors (Lipinski definition) is 2. The average molecular weight is 319 g/mol. The first-order valence-corrected chi connectivity index (χ1v) is 7.89. The molecule has 23 heavy (non-hydrogen) atoms. The van der Waals surface area contributed by atoms with Crippen LogP contribution < -0.4 is 5.32 Å². The Morgan fingerprint density at radius 1 is 1.09 bits per heavy atom. The third-order valence-electron chi connectivity index (χ3n) is 3.60. The molecule has 0 radical (unpaired) electrons. The van der Waals surface area contributed by atoms with Crippen molar-refractivity contribution in [1.29, 1.82) is 0 Å². The summed E-state index contributed by atoms with van der Waals surface area (Å²) in [5.41, 5.74) is 1.66. The number of hydrogen-bond acceptors (Lipinski definition) is 3. The fourth-order valence-electron chi connectivity index (χ4n) is 2.28. The summed E-state index contributed by atoms with van der Waals surface area (Å²) >= 11 is 0. The van der Waals surface area contributed by atoms with Crippen LogP contribution in [0.15, 0.2) is 24.3 Å². The molecule has 0 spiro atoms. The number of carboxylic acids is 1. The first-order valence-electron chi connectivity index (χ1n) is 7.89. The van der Waals surface area contributed by atoms with Crippen molar-refractivity contribution in [3.8, 4) is 0 Å². The number of carboxylic acid groups (broad SMARTS) is 1. The first kappa shape index (κ1) is 18.9. The van der Waals surface area contributed by atoms with E-state index in [1.165, 1.54) is 0 Å². The van der Waals surface area contributed by atoms with Gasteiger partial charge in [-0.25, -0.2) is 0 Å². The second kappa shape index (κ2) is 9.08. The van der Waals surface area contributed by atoms with Gasteiger partial charge in [0.05, 0.1) is 5.92 Å². The molecule has 0 fully saturated rings. The number of rotatable bonds is 9. The summed E-state index contributed by atoms with van der Waals surface area (Å²) in [7, 11) is 0. The van der Waals surface area contributed by atoms with Crippen LogP contribution in [0.4, 0.5) is 0 Å². The standard InChI is InChI=1S/C18H25NO4/c1-12(2)10-15(18(22)23)11-19-17(21)9-8-16(20)14-6-4-13(3)5-7-14/h4-7,12,15H,8-11H2,1-3H3,(H,19,21)(H,22,23). The molecular weight excluding hydrogens is 294 g/mol. The minimum absolute atomic E-state index is 0.0702. The van der Waals surface area contributed by atoms with Crippen LogP contribution in [-0.2, 0) is 9.59 Å². The SMILES string of the molecule is Cc1ccc(C(=O)CCC(=O)NCC(CC(C)C)C(=O)O)cc1. The Hall–Kier alpha value is -2.17. The van der Waals surface area contributed by atoms with E-state index in [1.54, 1.807) is 12.1 Å². The van der Waals surface area contributed by atoms with Crippen LogP contribution >= 0.6 is 0 Å². The zero-order chi connectivity index (χ0) is 17.4. The van der Waals surface area contributed by atoms with Crippen molar-refractivity contribution in [3.63, 3.8) is 0 Å². The highest BCUT2D eigenvalue weighted by Crippen LogP contribution is 2.11. The van der Waals surface area contributed by atoms with E-state index in [0.29, 0.717) is 12.0 Å². The number of Topliss-reactive ketones (excluding diaryl/α,β-unsaturated/α-hetero) is 1. The number of amides is 1. The Labute approximate surface area is 137 Å². The smallest absolute Gasteiger partial charge is 0.308 e. The number of nitrogens with one attached hydrogen (secondary N) is 1. The van der Waals surface area contributed by atoms with Gasteiger partial charge in [-0.05, 0) is 19.3 Å². The molecule has 0 aliphatic carbocycles. The van der Waals surface area contributed by atoms with Gasteiger partial charge in [-0.1, -0.05) is 43.7 Å². The number of ketones is 1. The summed E-state index contributed by atoms with van der Waals surface area (Å²) in [5.74, 6) is -1.63. The molecule has 1 unspecified atom stereocenters. The van der Waals surface area contributed by atoms with Gasteiger partial charge >= 0.3 is 5.97 Å². The molecule has 5 heteroatoms. The highest BCUT2D eigenvalue weighted by molar-refractivity contribution is 5.98. The van der Waals surface area contributed by atoms with Crippen molar-refractivity contribution in [2.24, 2.45) is 11.8 Å². The topological polar surface area (TPSA) is 83.5 Å².